The molecule has 0 radical (unpaired) electrons. The molecule has 1 saturated carbocycles. The molecule has 0 spiro atoms. The number of aliphatic hydroxyl groups is 1. The van der Waals surface area contributed by atoms with E-state index in [0.717, 1.165) is 25.7 Å². The maximum Gasteiger partial charge on any atom is 0.573 e. The lowest BCUT2D eigenvalue weighted by Gasteiger charge is -2.26. The Balaban J connectivity index is 0.00000364. The summed E-state index contributed by atoms with van der Waals surface area (Å²) in [5.41, 5.74) is 6.55. The van der Waals surface area contributed by atoms with Crippen molar-refractivity contribution in [1.29, 1.82) is 0 Å². The number of hydrogen-bond acceptors (Lipinski definition) is 4. The van der Waals surface area contributed by atoms with Gasteiger partial charge in [0.2, 0.25) is 0 Å². The lowest BCUT2D eigenvalue weighted by Crippen LogP contribution is -2.47. The van der Waals surface area contributed by atoms with E-state index >= 15 is 0 Å². The van der Waals surface area contributed by atoms with Crippen molar-refractivity contribution in [3.63, 3.8) is 0 Å². The minimum atomic E-state index is -4.74. The molecule has 0 heterocycles. The van der Waals surface area contributed by atoms with Gasteiger partial charge >= 0.3 is 6.36 Å². The molecular formula is C18H26ClF3N2O3. The minimum Gasteiger partial charge on any atom is -0.406 e. The van der Waals surface area contributed by atoms with E-state index < -0.39 is 24.4 Å². The first kappa shape index (κ1) is 23.5. The molecule has 0 aliphatic heterocycles. The van der Waals surface area contributed by atoms with Crippen molar-refractivity contribution in [3.05, 3.63) is 29.8 Å². The molecular weight excluding hydrogens is 385 g/mol. The van der Waals surface area contributed by atoms with Crippen molar-refractivity contribution in [3.8, 4) is 5.75 Å². The normalized spacial score (nSPS) is 17.5. The van der Waals surface area contributed by atoms with E-state index in [1.54, 1.807) is 0 Å². The maximum absolute atomic E-state index is 12.1. The molecule has 1 fully saturated rings. The second kappa shape index (κ2) is 10.7. The van der Waals surface area contributed by atoms with Crippen LogP contribution in [0, 0.1) is 5.92 Å². The summed E-state index contributed by atoms with van der Waals surface area (Å²) in [6, 6.07) is 4.53. The summed E-state index contributed by atoms with van der Waals surface area (Å²) >= 11 is 0. The predicted octanol–water partition coefficient (Wildman–Crippen LogP) is 3.28. The molecule has 1 aromatic rings. The Morgan fingerprint density at radius 1 is 1.22 bits per heavy atom. The Morgan fingerprint density at radius 3 is 2.37 bits per heavy atom. The number of amides is 1. The van der Waals surface area contributed by atoms with Crippen LogP contribution in [0.25, 0.3) is 0 Å². The van der Waals surface area contributed by atoms with Crippen molar-refractivity contribution in [2.24, 2.45) is 11.7 Å². The fourth-order valence-corrected chi connectivity index (χ4v) is 3.23. The molecule has 2 atom stereocenters. The van der Waals surface area contributed by atoms with E-state index in [1.165, 1.54) is 30.7 Å². The van der Waals surface area contributed by atoms with Gasteiger partial charge in [0.1, 0.15) is 11.9 Å². The van der Waals surface area contributed by atoms with Crippen molar-refractivity contribution >= 4 is 18.3 Å². The van der Waals surface area contributed by atoms with Crippen LogP contribution in [-0.2, 0) is 11.3 Å². The topological polar surface area (TPSA) is 84.6 Å². The Labute approximate surface area is 162 Å². The van der Waals surface area contributed by atoms with E-state index in [4.69, 9.17) is 5.73 Å². The molecule has 1 aliphatic carbocycles. The first-order valence-electron chi connectivity index (χ1n) is 8.80. The zero-order chi connectivity index (χ0) is 19.2. The van der Waals surface area contributed by atoms with Crippen molar-refractivity contribution in [2.75, 3.05) is 0 Å². The first-order valence-corrected chi connectivity index (χ1v) is 8.80. The molecule has 154 valence electrons. The fourth-order valence-electron chi connectivity index (χ4n) is 3.23. The Kier molecular flexibility index (Phi) is 9.35. The van der Waals surface area contributed by atoms with Crippen LogP contribution < -0.4 is 15.8 Å². The number of hydrogen-bond donors (Lipinski definition) is 3. The second-order valence-electron chi connectivity index (χ2n) is 6.76. The standard InChI is InChI=1S/C18H25F3N2O3.ClH/c19-18(20,21)26-14-8-6-13(7-9-14)11-23-17(25)16(24)15(22)10-12-4-2-1-3-5-12;/h6-9,12,15-16,24H,1-5,10-11,22H2,(H,23,25);1H/t15-,16?;/m1./s1. The molecule has 0 saturated heterocycles. The molecule has 1 aliphatic rings. The fraction of sp³-hybridized carbons (Fsp3) is 0.611. The largest absolute Gasteiger partial charge is 0.573 e. The van der Waals surface area contributed by atoms with Gasteiger partial charge in [-0.1, -0.05) is 44.2 Å². The van der Waals surface area contributed by atoms with Crippen LogP contribution in [0.1, 0.15) is 44.1 Å². The number of halogens is 4. The van der Waals surface area contributed by atoms with Gasteiger partial charge in [0.25, 0.3) is 5.91 Å². The number of aliphatic hydroxyl groups excluding tert-OH is 1. The van der Waals surface area contributed by atoms with Crippen molar-refractivity contribution < 1.29 is 27.8 Å². The molecule has 5 nitrogen and oxygen atoms in total. The molecule has 27 heavy (non-hydrogen) atoms. The number of carbonyl (C=O) groups excluding carboxylic acids is 1. The van der Waals surface area contributed by atoms with Gasteiger partial charge in [0.05, 0.1) is 0 Å². The number of rotatable bonds is 7. The third-order valence-electron chi connectivity index (χ3n) is 4.63. The van der Waals surface area contributed by atoms with Gasteiger partial charge in [-0.15, -0.1) is 25.6 Å². The molecule has 4 N–H and O–H groups in total. The monoisotopic (exact) mass is 410 g/mol. The highest BCUT2D eigenvalue weighted by atomic mass is 35.5. The lowest BCUT2D eigenvalue weighted by atomic mass is 9.84. The molecule has 0 aromatic heterocycles. The zero-order valence-corrected chi connectivity index (χ0v) is 15.7. The molecule has 1 unspecified atom stereocenters. The van der Waals surface area contributed by atoms with Gasteiger partial charge in [-0.25, -0.2) is 0 Å². The van der Waals surface area contributed by atoms with Gasteiger partial charge in [-0.2, -0.15) is 0 Å². The number of benzene rings is 1. The van der Waals surface area contributed by atoms with Gasteiger partial charge < -0.3 is 20.9 Å². The van der Waals surface area contributed by atoms with Gasteiger partial charge in [-0.05, 0) is 30.0 Å². The summed E-state index contributed by atoms with van der Waals surface area (Å²) < 4.78 is 40.1. The number of nitrogens with two attached hydrogens (primary N) is 1. The van der Waals surface area contributed by atoms with E-state index in [1.807, 2.05) is 0 Å². The van der Waals surface area contributed by atoms with Crippen LogP contribution in [0.2, 0.25) is 0 Å². The van der Waals surface area contributed by atoms with Crippen LogP contribution in [0.15, 0.2) is 24.3 Å². The average Bonchev–Trinajstić information content (AvgIpc) is 2.59. The molecule has 1 aromatic carbocycles. The third-order valence-corrected chi connectivity index (χ3v) is 4.63. The van der Waals surface area contributed by atoms with Crippen LogP contribution in [0.3, 0.4) is 0 Å². The van der Waals surface area contributed by atoms with E-state index in [0.29, 0.717) is 17.9 Å². The quantitative estimate of drug-likeness (QED) is 0.644. The van der Waals surface area contributed by atoms with Crippen molar-refractivity contribution in [1.82, 2.24) is 5.32 Å². The molecule has 9 heteroatoms. The zero-order valence-electron chi connectivity index (χ0n) is 14.9. The number of ether oxygens (including phenoxy) is 1. The highest BCUT2D eigenvalue weighted by Gasteiger charge is 2.31. The van der Waals surface area contributed by atoms with Crippen LogP contribution >= 0.6 is 12.4 Å². The lowest BCUT2D eigenvalue weighted by molar-refractivity contribution is -0.274. The van der Waals surface area contributed by atoms with Crippen LogP contribution in [-0.4, -0.2) is 29.5 Å². The summed E-state index contributed by atoms with van der Waals surface area (Å²) in [7, 11) is 0. The highest BCUT2D eigenvalue weighted by Crippen LogP contribution is 2.27. The predicted molar refractivity (Wildman–Crippen MR) is 97.4 cm³/mol. The summed E-state index contributed by atoms with van der Waals surface area (Å²) in [5.74, 6) is -0.464. The summed E-state index contributed by atoms with van der Waals surface area (Å²) in [5, 5.41) is 12.6. The Hall–Kier alpha value is -1.51. The molecule has 2 rings (SSSR count). The first-order chi connectivity index (χ1) is 12.2. The van der Waals surface area contributed by atoms with E-state index in [9.17, 15) is 23.1 Å². The van der Waals surface area contributed by atoms with Crippen molar-refractivity contribution in [2.45, 2.75) is 63.6 Å². The second-order valence-corrected chi connectivity index (χ2v) is 6.76. The van der Waals surface area contributed by atoms with Gasteiger partial charge in [-0.3, -0.25) is 4.79 Å². The van der Waals surface area contributed by atoms with Crippen LogP contribution in [0.5, 0.6) is 5.75 Å². The minimum absolute atomic E-state index is 0. The third kappa shape index (κ3) is 8.36. The van der Waals surface area contributed by atoms with Crippen LogP contribution in [0.4, 0.5) is 13.2 Å². The van der Waals surface area contributed by atoms with Gasteiger partial charge in [0.15, 0.2) is 0 Å². The maximum atomic E-state index is 12.1. The summed E-state index contributed by atoms with van der Waals surface area (Å²) in [6.45, 7) is 0.0817. The van der Waals surface area contributed by atoms with Gasteiger partial charge in [0, 0.05) is 12.6 Å². The number of alkyl halides is 3. The number of nitrogens with one attached hydrogen (secondary N) is 1. The SMILES string of the molecule is Cl.N[C@H](CC1CCCCC1)C(O)C(=O)NCc1ccc(OC(F)(F)F)cc1. The smallest absolute Gasteiger partial charge is 0.406 e. The Bertz CT molecular complexity index is 578. The molecule has 1 amide bonds. The number of carbonyl (C=O) groups is 1. The summed E-state index contributed by atoms with van der Waals surface area (Å²) in [6.07, 6.45) is 0.266. The van der Waals surface area contributed by atoms with E-state index in [-0.39, 0.29) is 24.7 Å². The highest BCUT2D eigenvalue weighted by molar-refractivity contribution is 5.85. The average molecular weight is 411 g/mol. The Morgan fingerprint density at radius 2 is 1.81 bits per heavy atom. The molecule has 0 bridgehead atoms. The summed E-state index contributed by atoms with van der Waals surface area (Å²) in [4.78, 5) is 12.0. The van der Waals surface area contributed by atoms with E-state index in [2.05, 4.69) is 10.1 Å².